The number of carbonyl (C=O) groups excluding carboxylic acids is 1. The first-order valence-corrected chi connectivity index (χ1v) is 11.9. The Morgan fingerprint density at radius 1 is 0.649 bits per heavy atom. The van der Waals surface area contributed by atoms with Gasteiger partial charge in [0.05, 0.1) is 16.8 Å². The Morgan fingerprint density at radius 3 is 1.81 bits per heavy atom. The molecule has 0 spiro atoms. The monoisotopic (exact) mass is 491 g/mol. The molecule has 0 saturated heterocycles. The summed E-state index contributed by atoms with van der Waals surface area (Å²) in [4.78, 5) is 12.5. The van der Waals surface area contributed by atoms with Crippen LogP contribution in [0.1, 0.15) is 0 Å². The molecule has 0 aliphatic heterocycles. The molecular formula is C29H29N7O+2. The zero-order chi connectivity index (χ0) is 25.8. The number of hydrogen-bond acceptors (Lipinski definition) is 4. The van der Waals surface area contributed by atoms with E-state index >= 15 is 0 Å². The fraction of sp³-hybridized carbons (Fsp3) is 0.0690. The number of aromatic nitrogens is 2. The smallest absolute Gasteiger partial charge is 0.323 e. The first kappa shape index (κ1) is 23.6. The van der Waals surface area contributed by atoms with E-state index in [2.05, 4.69) is 25.8 Å². The van der Waals surface area contributed by atoms with Crippen LogP contribution in [0.5, 0.6) is 0 Å². The van der Waals surface area contributed by atoms with Gasteiger partial charge >= 0.3 is 6.03 Å². The van der Waals surface area contributed by atoms with Gasteiger partial charge in [-0.25, -0.2) is 13.9 Å². The van der Waals surface area contributed by atoms with Gasteiger partial charge in [0.25, 0.3) is 0 Å². The minimum atomic E-state index is -0.311. The second-order valence-corrected chi connectivity index (χ2v) is 8.85. The van der Waals surface area contributed by atoms with Crippen LogP contribution in [0.3, 0.4) is 0 Å². The lowest BCUT2D eigenvalue weighted by molar-refractivity contribution is -0.671. The molecule has 0 radical (unpaired) electrons. The summed E-state index contributed by atoms with van der Waals surface area (Å²) in [6, 6.07) is 26.7. The average molecular weight is 492 g/mol. The molecule has 2 amide bonds. The fourth-order valence-electron chi connectivity index (χ4n) is 4.02. The zero-order valence-electron chi connectivity index (χ0n) is 20.7. The Balaban J connectivity index is 1.19. The minimum absolute atomic E-state index is 0.311. The molecule has 6 N–H and O–H groups in total. The third-order valence-electron chi connectivity index (χ3n) is 5.99. The number of carbonyl (C=O) groups is 1. The number of hydrogen-bond donors (Lipinski definition) is 5. The van der Waals surface area contributed by atoms with Crippen LogP contribution in [-0.4, -0.2) is 6.03 Å². The summed E-state index contributed by atoms with van der Waals surface area (Å²) in [7, 11) is 3.98. The molecule has 2 heterocycles. The predicted octanol–water partition coefficient (Wildman–Crippen LogP) is 5.20. The van der Waals surface area contributed by atoms with E-state index in [0.29, 0.717) is 17.1 Å². The predicted molar refractivity (Wildman–Crippen MR) is 149 cm³/mol. The molecule has 0 unspecified atom stereocenters. The van der Waals surface area contributed by atoms with Crippen LogP contribution in [-0.2, 0) is 14.1 Å². The van der Waals surface area contributed by atoms with Crippen molar-refractivity contribution in [1.82, 2.24) is 0 Å². The van der Waals surface area contributed by atoms with Crippen molar-refractivity contribution in [3.63, 3.8) is 0 Å². The van der Waals surface area contributed by atoms with E-state index in [9.17, 15) is 4.79 Å². The van der Waals surface area contributed by atoms with Crippen molar-refractivity contribution in [3.8, 4) is 0 Å². The average Bonchev–Trinajstić information content (AvgIpc) is 2.89. The van der Waals surface area contributed by atoms with Gasteiger partial charge in [-0.05, 0) is 60.7 Å². The summed E-state index contributed by atoms with van der Waals surface area (Å²) in [6.07, 6.45) is 5.96. The molecule has 5 aromatic rings. The molecular weight excluding hydrogens is 462 g/mol. The van der Waals surface area contributed by atoms with E-state index in [-0.39, 0.29) is 6.03 Å². The Labute approximate surface area is 215 Å². The van der Waals surface area contributed by atoms with Gasteiger partial charge in [0, 0.05) is 52.7 Å². The van der Waals surface area contributed by atoms with Gasteiger partial charge < -0.3 is 27.0 Å². The number of amides is 2. The minimum Gasteiger partial charge on any atom is -0.399 e. The number of urea groups is 1. The van der Waals surface area contributed by atoms with Crippen LogP contribution in [0.4, 0.5) is 44.6 Å². The second kappa shape index (κ2) is 10.2. The molecule has 0 saturated carbocycles. The molecule has 8 heteroatoms. The molecule has 184 valence electrons. The lowest BCUT2D eigenvalue weighted by Crippen LogP contribution is -2.28. The van der Waals surface area contributed by atoms with Crippen molar-refractivity contribution in [1.29, 1.82) is 0 Å². The first-order chi connectivity index (χ1) is 17.9. The van der Waals surface area contributed by atoms with Gasteiger partial charge in [-0.15, -0.1) is 0 Å². The molecule has 5 rings (SSSR count). The highest BCUT2D eigenvalue weighted by Gasteiger charge is 2.11. The maximum absolute atomic E-state index is 12.5. The highest BCUT2D eigenvalue weighted by molar-refractivity contribution is 6.00. The van der Waals surface area contributed by atoms with Crippen molar-refractivity contribution >= 4 is 56.7 Å². The van der Waals surface area contributed by atoms with E-state index in [0.717, 1.165) is 33.7 Å². The topological polar surface area (TPSA) is 99.0 Å². The number of benzene rings is 3. The number of rotatable bonds is 6. The number of nitrogen functional groups attached to an aromatic ring is 1. The highest BCUT2D eigenvalue weighted by Crippen LogP contribution is 2.27. The number of nitrogens with two attached hydrogens (primary N) is 1. The Bertz CT molecular complexity index is 1550. The molecule has 0 fully saturated rings. The first-order valence-electron chi connectivity index (χ1n) is 11.9. The summed E-state index contributed by atoms with van der Waals surface area (Å²) >= 11 is 0. The van der Waals surface area contributed by atoms with Crippen LogP contribution in [0.2, 0.25) is 0 Å². The molecule has 3 aromatic carbocycles. The van der Waals surface area contributed by atoms with Crippen LogP contribution in [0.25, 0.3) is 10.9 Å². The summed E-state index contributed by atoms with van der Waals surface area (Å²) in [5.41, 5.74) is 13.0. The molecule has 37 heavy (non-hydrogen) atoms. The number of nitrogens with zero attached hydrogens (tertiary/aromatic N) is 2. The summed E-state index contributed by atoms with van der Waals surface area (Å²) < 4.78 is 4.03. The van der Waals surface area contributed by atoms with E-state index in [1.54, 1.807) is 0 Å². The van der Waals surface area contributed by atoms with Crippen molar-refractivity contribution in [2.75, 3.05) is 27.0 Å². The SMILES string of the molecule is C[n+]1ccc(Nc2ccc(NC(=O)Nc3ccc(Nc4cc[n+](C)c5ccc(N)cc45)cc3)cc2)cc1. The van der Waals surface area contributed by atoms with Crippen molar-refractivity contribution < 1.29 is 13.9 Å². The fourth-order valence-corrected chi connectivity index (χ4v) is 4.02. The van der Waals surface area contributed by atoms with E-state index in [4.69, 9.17) is 5.73 Å². The summed E-state index contributed by atoms with van der Waals surface area (Å²) in [6.45, 7) is 0. The largest absolute Gasteiger partial charge is 0.399 e. The molecule has 0 bridgehead atoms. The van der Waals surface area contributed by atoms with E-state index < -0.39 is 0 Å². The van der Waals surface area contributed by atoms with E-state index in [1.165, 1.54) is 0 Å². The number of fused-ring (bicyclic) bond motifs is 1. The maximum Gasteiger partial charge on any atom is 0.323 e. The Morgan fingerprint density at radius 2 is 1.19 bits per heavy atom. The van der Waals surface area contributed by atoms with Crippen LogP contribution < -0.4 is 36.1 Å². The maximum atomic E-state index is 12.5. The number of anilines is 7. The lowest BCUT2D eigenvalue weighted by atomic mass is 10.1. The van der Waals surface area contributed by atoms with E-state index in [1.807, 2.05) is 122 Å². The van der Waals surface area contributed by atoms with Crippen LogP contribution in [0, 0.1) is 0 Å². The van der Waals surface area contributed by atoms with Crippen molar-refractivity contribution in [2.24, 2.45) is 14.1 Å². The van der Waals surface area contributed by atoms with Gasteiger partial charge in [-0.3, -0.25) is 0 Å². The molecule has 0 atom stereocenters. The van der Waals surface area contributed by atoms with Crippen molar-refractivity contribution in [2.45, 2.75) is 0 Å². The Hall–Kier alpha value is -5.11. The molecule has 0 aliphatic carbocycles. The molecule has 8 nitrogen and oxygen atoms in total. The standard InChI is InChI=1S/C29H27N7O/c1-35-16-13-25(14-17-35)31-21-4-8-23(9-5-21)33-29(37)34-24-10-6-22(7-11-24)32-27-15-18-36(2)28-12-3-20(30)19-26(27)28/h3-19H,30H2,1-2H3,(H2,33,34,37)/p+2. The third kappa shape index (κ3) is 5.76. The number of nitrogens with one attached hydrogen (secondary N) is 4. The zero-order valence-corrected chi connectivity index (χ0v) is 20.7. The highest BCUT2D eigenvalue weighted by atomic mass is 16.2. The van der Waals surface area contributed by atoms with Crippen LogP contribution >= 0.6 is 0 Å². The summed E-state index contributed by atoms with van der Waals surface area (Å²) in [5.74, 6) is 0. The summed E-state index contributed by atoms with van der Waals surface area (Å²) in [5, 5.41) is 13.5. The van der Waals surface area contributed by atoms with Gasteiger partial charge in [0.15, 0.2) is 18.6 Å². The van der Waals surface area contributed by atoms with Crippen molar-refractivity contribution in [3.05, 3.63) is 104 Å². The lowest BCUT2D eigenvalue weighted by Gasteiger charge is -2.11. The molecule has 0 aliphatic rings. The molecule has 2 aromatic heterocycles. The third-order valence-corrected chi connectivity index (χ3v) is 5.99. The van der Waals surface area contributed by atoms with Gasteiger partial charge in [0.1, 0.15) is 14.1 Å². The van der Waals surface area contributed by atoms with Crippen LogP contribution in [0.15, 0.2) is 104 Å². The Kier molecular flexibility index (Phi) is 6.54. The number of aryl methyl sites for hydroxylation is 2. The quantitative estimate of drug-likeness (QED) is 0.166. The van der Waals surface area contributed by atoms with Gasteiger partial charge in [-0.1, -0.05) is 0 Å². The van der Waals surface area contributed by atoms with Gasteiger partial charge in [-0.2, -0.15) is 0 Å². The number of pyridine rings is 2. The second-order valence-electron chi connectivity index (χ2n) is 8.85. The van der Waals surface area contributed by atoms with Gasteiger partial charge in [0.2, 0.25) is 5.52 Å². The normalized spacial score (nSPS) is 10.6.